The Kier molecular flexibility index (Phi) is 6.07. The van der Waals surface area contributed by atoms with Crippen LogP contribution < -0.4 is 9.64 Å². The molecule has 1 amide bonds. The lowest BCUT2D eigenvalue weighted by Crippen LogP contribution is -2.50. The fraction of sp³-hybridized carbons (Fsp3) is 0.320. The third-order valence-electron chi connectivity index (χ3n) is 6.06. The lowest BCUT2D eigenvalue weighted by molar-refractivity contribution is -0.133. The highest BCUT2D eigenvalue weighted by Crippen LogP contribution is 2.24. The molecule has 9 nitrogen and oxygen atoms in total. The van der Waals surface area contributed by atoms with Gasteiger partial charge in [0.1, 0.15) is 12.1 Å². The van der Waals surface area contributed by atoms with Crippen LogP contribution >= 0.6 is 0 Å². The zero-order chi connectivity index (χ0) is 23.5. The van der Waals surface area contributed by atoms with E-state index in [0.29, 0.717) is 49.0 Å². The lowest BCUT2D eigenvalue weighted by Gasteiger charge is -2.35. The summed E-state index contributed by atoms with van der Waals surface area (Å²) in [6, 6.07) is 17.7. The van der Waals surface area contributed by atoms with E-state index in [9.17, 15) is 4.79 Å². The van der Waals surface area contributed by atoms with Crippen LogP contribution in [0.15, 0.2) is 60.9 Å². The summed E-state index contributed by atoms with van der Waals surface area (Å²) in [7, 11) is 0. The molecule has 1 aliphatic heterocycles. The Bertz CT molecular complexity index is 1260. The molecule has 1 aliphatic rings. The minimum Gasteiger partial charge on any atom is -0.484 e. The molecule has 174 valence electrons. The molecule has 1 fully saturated rings. The Morgan fingerprint density at radius 3 is 2.41 bits per heavy atom. The second-order valence-electron chi connectivity index (χ2n) is 8.59. The van der Waals surface area contributed by atoms with Crippen molar-refractivity contribution >= 4 is 22.9 Å². The summed E-state index contributed by atoms with van der Waals surface area (Å²) in [5.41, 5.74) is 3.45. The van der Waals surface area contributed by atoms with Crippen LogP contribution in [0.3, 0.4) is 0 Å². The molecule has 9 heteroatoms. The molecule has 0 aliphatic carbocycles. The summed E-state index contributed by atoms with van der Waals surface area (Å²) in [4.78, 5) is 25.5. The first-order valence-corrected chi connectivity index (χ1v) is 11.5. The van der Waals surface area contributed by atoms with Gasteiger partial charge in [-0.05, 0) is 35.7 Å². The zero-order valence-corrected chi connectivity index (χ0v) is 19.3. The van der Waals surface area contributed by atoms with Crippen LogP contribution in [0, 0.1) is 0 Å². The number of rotatable bonds is 6. The van der Waals surface area contributed by atoms with Gasteiger partial charge < -0.3 is 14.5 Å². The molecule has 1 saturated heterocycles. The molecule has 0 saturated carbocycles. The van der Waals surface area contributed by atoms with Crippen LogP contribution in [0.1, 0.15) is 25.3 Å². The van der Waals surface area contributed by atoms with Crippen LogP contribution in [-0.4, -0.2) is 68.6 Å². The van der Waals surface area contributed by atoms with Crippen LogP contribution in [0.5, 0.6) is 5.75 Å². The molecule has 3 heterocycles. The van der Waals surface area contributed by atoms with Crippen LogP contribution in [0.4, 0.5) is 5.82 Å². The van der Waals surface area contributed by atoms with Crippen molar-refractivity contribution in [2.75, 3.05) is 37.7 Å². The van der Waals surface area contributed by atoms with Crippen molar-refractivity contribution in [3.63, 3.8) is 0 Å². The number of hydrogen-bond donors (Lipinski definition) is 0. The van der Waals surface area contributed by atoms with Gasteiger partial charge >= 0.3 is 0 Å². The van der Waals surface area contributed by atoms with Crippen molar-refractivity contribution in [3.05, 3.63) is 66.5 Å². The zero-order valence-electron chi connectivity index (χ0n) is 19.3. The van der Waals surface area contributed by atoms with E-state index in [0.717, 1.165) is 11.5 Å². The highest BCUT2D eigenvalue weighted by Gasteiger charge is 2.25. The van der Waals surface area contributed by atoms with Gasteiger partial charge in [0.2, 0.25) is 0 Å². The Labute approximate surface area is 198 Å². The van der Waals surface area contributed by atoms with E-state index in [1.54, 1.807) is 4.68 Å². The molecule has 0 atom stereocenters. The summed E-state index contributed by atoms with van der Waals surface area (Å²) in [6.45, 7) is 6.82. The Morgan fingerprint density at radius 1 is 0.971 bits per heavy atom. The topological polar surface area (TPSA) is 89.3 Å². The number of fused-ring (bicyclic) bond motifs is 1. The molecule has 5 rings (SSSR count). The van der Waals surface area contributed by atoms with Gasteiger partial charge in [0.05, 0.1) is 5.69 Å². The molecular formula is C25H27N7O2. The second-order valence-corrected chi connectivity index (χ2v) is 8.59. The number of carbonyl (C=O) groups excluding carboxylic acids is 1. The number of benzene rings is 2. The highest BCUT2D eigenvalue weighted by molar-refractivity contribution is 5.84. The number of piperazine rings is 1. The predicted molar refractivity (Wildman–Crippen MR) is 129 cm³/mol. The highest BCUT2D eigenvalue weighted by atomic mass is 16.5. The van der Waals surface area contributed by atoms with Crippen LogP contribution in [0.25, 0.3) is 16.9 Å². The lowest BCUT2D eigenvalue weighted by atomic mass is 10.0. The summed E-state index contributed by atoms with van der Waals surface area (Å²) in [5, 5.41) is 8.64. The van der Waals surface area contributed by atoms with Gasteiger partial charge in [-0.25, -0.2) is 9.97 Å². The average Bonchev–Trinajstić information content (AvgIpc) is 3.32. The SMILES string of the molecule is CC(C)c1ccc(OCC(=O)N2CCN(c3ncnc4c3nnn4-c3ccccc3)CC2)cc1. The number of anilines is 1. The van der Waals surface area contributed by atoms with E-state index in [2.05, 4.69) is 39.0 Å². The number of hydrogen-bond acceptors (Lipinski definition) is 7. The largest absolute Gasteiger partial charge is 0.484 e. The number of aromatic nitrogens is 5. The summed E-state index contributed by atoms with van der Waals surface area (Å²) in [6.07, 6.45) is 1.54. The van der Waals surface area contributed by atoms with E-state index in [1.165, 1.54) is 11.9 Å². The van der Waals surface area contributed by atoms with Crippen molar-refractivity contribution in [3.8, 4) is 11.4 Å². The molecule has 4 aromatic rings. The quantitative estimate of drug-likeness (QED) is 0.440. The third-order valence-corrected chi connectivity index (χ3v) is 6.06. The molecule has 0 radical (unpaired) electrons. The number of nitrogens with zero attached hydrogens (tertiary/aromatic N) is 7. The van der Waals surface area contributed by atoms with E-state index in [1.807, 2.05) is 59.5 Å². The van der Waals surface area contributed by atoms with Gasteiger partial charge in [-0.2, -0.15) is 4.68 Å². The smallest absolute Gasteiger partial charge is 0.260 e. The monoisotopic (exact) mass is 457 g/mol. The first-order valence-electron chi connectivity index (χ1n) is 11.5. The Balaban J connectivity index is 1.21. The summed E-state index contributed by atoms with van der Waals surface area (Å²) >= 11 is 0. The summed E-state index contributed by atoms with van der Waals surface area (Å²) < 4.78 is 7.44. The standard InChI is InChI=1S/C25H27N7O2/c1-18(2)19-8-10-21(11-9-19)34-16-22(33)30-12-14-31(15-13-30)24-23-25(27-17-26-24)32(29-28-23)20-6-4-3-5-7-20/h3-11,17-18H,12-16H2,1-2H3. The number of ether oxygens (including phenoxy) is 1. The molecular weight excluding hydrogens is 430 g/mol. The molecule has 0 bridgehead atoms. The van der Waals surface area contributed by atoms with Crippen molar-refractivity contribution in [2.24, 2.45) is 0 Å². The first-order chi connectivity index (χ1) is 16.6. The number of carbonyl (C=O) groups is 1. The van der Waals surface area contributed by atoms with Gasteiger partial charge in [0.25, 0.3) is 5.91 Å². The van der Waals surface area contributed by atoms with Gasteiger partial charge in [-0.3, -0.25) is 4.79 Å². The minimum absolute atomic E-state index is 0.0181. The van der Waals surface area contributed by atoms with E-state index < -0.39 is 0 Å². The molecule has 2 aromatic carbocycles. The van der Waals surface area contributed by atoms with E-state index >= 15 is 0 Å². The minimum atomic E-state index is -0.0181. The molecule has 34 heavy (non-hydrogen) atoms. The predicted octanol–water partition coefficient (Wildman–Crippen LogP) is 3.06. The molecule has 0 N–H and O–H groups in total. The third kappa shape index (κ3) is 4.41. The average molecular weight is 458 g/mol. The maximum Gasteiger partial charge on any atom is 0.260 e. The fourth-order valence-corrected chi connectivity index (χ4v) is 4.06. The number of para-hydroxylation sites is 1. The fourth-order valence-electron chi connectivity index (χ4n) is 4.06. The van der Waals surface area contributed by atoms with Gasteiger partial charge in [0.15, 0.2) is 23.6 Å². The van der Waals surface area contributed by atoms with E-state index in [-0.39, 0.29) is 12.5 Å². The number of amides is 1. The van der Waals surface area contributed by atoms with Crippen LogP contribution in [-0.2, 0) is 4.79 Å². The maximum atomic E-state index is 12.7. The van der Waals surface area contributed by atoms with Crippen molar-refractivity contribution < 1.29 is 9.53 Å². The van der Waals surface area contributed by atoms with Gasteiger partial charge in [0, 0.05) is 26.2 Å². The summed E-state index contributed by atoms with van der Waals surface area (Å²) in [5.74, 6) is 1.89. The maximum absolute atomic E-state index is 12.7. The van der Waals surface area contributed by atoms with Crippen molar-refractivity contribution in [1.82, 2.24) is 29.9 Å². The van der Waals surface area contributed by atoms with E-state index in [4.69, 9.17) is 4.74 Å². The Morgan fingerprint density at radius 2 is 1.71 bits per heavy atom. The second kappa shape index (κ2) is 9.46. The normalized spacial score (nSPS) is 14.1. The van der Waals surface area contributed by atoms with Crippen LogP contribution in [0.2, 0.25) is 0 Å². The Hall–Kier alpha value is -4.01. The molecule has 0 unspecified atom stereocenters. The first kappa shape index (κ1) is 21.8. The van der Waals surface area contributed by atoms with Gasteiger partial charge in [-0.15, -0.1) is 5.10 Å². The molecule has 2 aromatic heterocycles. The van der Waals surface area contributed by atoms with Crippen molar-refractivity contribution in [2.45, 2.75) is 19.8 Å². The van der Waals surface area contributed by atoms with Crippen molar-refractivity contribution in [1.29, 1.82) is 0 Å². The van der Waals surface area contributed by atoms with Gasteiger partial charge in [-0.1, -0.05) is 49.4 Å². The molecule has 0 spiro atoms.